The van der Waals surface area contributed by atoms with Crippen molar-refractivity contribution in [1.82, 2.24) is 0 Å². The Morgan fingerprint density at radius 2 is 1.89 bits per heavy atom. The highest BCUT2D eigenvalue weighted by molar-refractivity contribution is 5.90. The molecule has 1 aliphatic carbocycles. The first kappa shape index (κ1) is 12.9. The van der Waals surface area contributed by atoms with E-state index in [0.29, 0.717) is 5.56 Å². The van der Waals surface area contributed by atoms with Crippen molar-refractivity contribution < 1.29 is 9.53 Å². The summed E-state index contributed by atoms with van der Waals surface area (Å²) < 4.78 is 5.31. The quantitative estimate of drug-likeness (QED) is 0.828. The van der Waals surface area contributed by atoms with E-state index in [1.54, 1.807) is 0 Å². The Balaban J connectivity index is 1.91. The van der Waals surface area contributed by atoms with Crippen molar-refractivity contribution in [3.63, 3.8) is 0 Å². The van der Waals surface area contributed by atoms with Crippen LogP contribution in [0.15, 0.2) is 24.3 Å². The molecule has 1 N–H and O–H groups in total. The van der Waals surface area contributed by atoms with Gasteiger partial charge in [0.1, 0.15) is 5.60 Å². The molecule has 0 saturated heterocycles. The second-order valence-electron chi connectivity index (χ2n) is 5.90. The first-order chi connectivity index (χ1) is 8.44. The SMILES string of the molecule is CC(C)(C)OC(=O)c1ccc(NCC2CC2)cc1. The molecule has 0 bridgehead atoms. The zero-order valence-corrected chi connectivity index (χ0v) is 11.3. The van der Waals surface area contributed by atoms with Crippen molar-refractivity contribution in [3.8, 4) is 0 Å². The van der Waals surface area contributed by atoms with Gasteiger partial charge in [0.05, 0.1) is 5.56 Å². The minimum absolute atomic E-state index is 0.267. The monoisotopic (exact) mass is 247 g/mol. The summed E-state index contributed by atoms with van der Waals surface area (Å²) in [6, 6.07) is 7.48. The maximum atomic E-state index is 11.8. The van der Waals surface area contributed by atoms with E-state index in [1.165, 1.54) is 12.8 Å². The van der Waals surface area contributed by atoms with E-state index in [1.807, 2.05) is 45.0 Å². The van der Waals surface area contributed by atoms with Gasteiger partial charge < -0.3 is 10.1 Å². The van der Waals surface area contributed by atoms with Gasteiger partial charge in [-0.25, -0.2) is 4.79 Å². The minimum Gasteiger partial charge on any atom is -0.456 e. The minimum atomic E-state index is -0.444. The number of hydrogen-bond donors (Lipinski definition) is 1. The van der Waals surface area contributed by atoms with E-state index < -0.39 is 5.60 Å². The zero-order valence-electron chi connectivity index (χ0n) is 11.3. The summed E-state index contributed by atoms with van der Waals surface area (Å²) in [5.41, 5.74) is 1.22. The summed E-state index contributed by atoms with van der Waals surface area (Å²) in [4.78, 5) is 11.8. The van der Waals surface area contributed by atoms with Crippen molar-refractivity contribution in [1.29, 1.82) is 0 Å². The van der Waals surface area contributed by atoms with Crippen LogP contribution < -0.4 is 5.32 Å². The topological polar surface area (TPSA) is 38.3 Å². The lowest BCUT2D eigenvalue weighted by molar-refractivity contribution is 0.00696. The van der Waals surface area contributed by atoms with E-state index in [-0.39, 0.29) is 5.97 Å². The molecule has 98 valence electrons. The molecule has 0 radical (unpaired) electrons. The number of ether oxygens (including phenoxy) is 1. The molecule has 1 saturated carbocycles. The molecule has 1 fully saturated rings. The molecule has 3 nitrogen and oxygen atoms in total. The van der Waals surface area contributed by atoms with Gasteiger partial charge in [-0.2, -0.15) is 0 Å². The molecular formula is C15H21NO2. The fourth-order valence-electron chi connectivity index (χ4n) is 1.65. The third-order valence-corrected chi connectivity index (χ3v) is 2.81. The standard InChI is InChI=1S/C15H21NO2/c1-15(2,3)18-14(17)12-6-8-13(9-7-12)16-10-11-4-5-11/h6-9,11,16H,4-5,10H2,1-3H3. The van der Waals surface area contributed by atoms with Crippen molar-refractivity contribution >= 4 is 11.7 Å². The molecule has 0 amide bonds. The van der Waals surface area contributed by atoms with Crippen molar-refractivity contribution in [2.24, 2.45) is 5.92 Å². The van der Waals surface area contributed by atoms with Gasteiger partial charge in [0, 0.05) is 12.2 Å². The fourth-order valence-corrected chi connectivity index (χ4v) is 1.65. The van der Waals surface area contributed by atoms with Gasteiger partial charge >= 0.3 is 5.97 Å². The van der Waals surface area contributed by atoms with Gasteiger partial charge in [-0.05, 0) is 63.8 Å². The molecule has 0 heterocycles. The summed E-state index contributed by atoms with van der Waals surface area (Å²) in [5, 5.41) is 3.37. The van der Waals surface area contributed by atoms with Gasteiger partial charge in [-0.1, -0.05) is 0 Å². The molecular weight excluding hydrogens is 226 g/mol. The van der Waals surface area contributed by atoms with Gasteiger partial charge in [-0.3, -0.25) is 0 Å². The van der Waals surface area contributed by atoms with Gasteiger partial charge in [0.25, 0.3) is 0 Å². The first-order valence-electron chi connectivity index (χ1n) is 6.51. The van der Waals surface area contributed by atoms with Crippen LogP contribution >= 0.6 is 0 Å². The Hall–Kier alpha value is -1.51. The average Bonchev–Trinajstić information content (AvgIpc) is 3.08. The maximum absolute atomic E-state index is 11.8. The fraction of sp³-hybridized carbons (Fsp3) is 0.533. The molecule has 0 unspecified atom stereocenters. The van der Waals surface area contributed by atoms with Crippen molar-refractivity contribution in [2.45, 2.75) is 39.2 Å². The van der Waals surface area contributed by atoms with E-state index in [2.05, 4.69) is 5.32 Å². The molecule has 1 aromatic carbocycles. The smallest absolute Gasteiger partial charge is 0.338 e. The number of nitrogens with one attached hydrogen (secondary N) is 1. The van der Waals surface area contributed by atoms with Crippen LogP contribution in [-0.2, 0) is 4.74 Å². The van der Waals surface area contributed by atoms with Crippen molar-refractivity contribution in [3.05, 3.63) is 29.8 Å². The Morgan fingerprint density at radius 3 is 2.39 bits per heavy atom. The predicted molar refractivity (Wildman–Crippen MR) is 72.8 cm³/mol. The number of esters is 1. The number of carbonyl (C=O) groups excluding carboxylic acids is 1. The zero-order chi connectivity index (χ0) is 13.2. The molecule has 0 atom stereocenters. The predicted octanol–water partition coefficient (Wildman–Crippen LogP) is 3.46. The summed E-state index contributed by atoms with van der Waals surface area (Å²) in [6.45, 7) is 6.65. The third-order valence-electron chi connectivity index (χ3n) is 2.81. The third kappa shape index (κ3) is 4.06. The first-order valence-corrected chi connectivity index (χ1v) is 6.51. The summed E-state index contributed by atoms with van der Waals surface area (Å²) in [6.07, 6.45) is 2.67. The van der Waals surface area contributed by atoms with E-state index in [4.69, 9.17) is 4.74 Å². The number of anilines is 1. The average molecular weight is 247 g/mol. The van der Waals surface area contributed by atoms with Crippen LogP contribution in [0.1, 0.15) is 44.0 Å². The molecule has 2 rings (SSSR count). The number of hydrogen-bond acceptors (Lipinski definition) is 3. The number of rotatable bonds is 4. The van der Waals surface area contributed by atoms with Crippen molar-refractivity contribution in [2.75, 3.05) is 11.9 Å². The van der Waals surface area contributed by atoms with Crippen LogP contribution in [0.25, 0.3) is 0 Å². The van der Waals surface area contributed by atoms with E-state index in [0.717, 1.165) is 18.2 Å². The highest BCUT2D eigenvalue weighted by atomic mass is 16.6. The Bertz CT molecular complexity index is 413. The second-order valence-corrected chi connectivity index (χ2v) is 5.90. The van der Waals surface area contributed by atoms with Crippen LogP contribution in [0.4, 0.5) is 5.69 Å². The maximum Gasteiger partial charge on any atom is 0.338 e. The molecule has 0 aromatic heterocycles. The van der Waals surface area contributed by atoms with Crippen LogP contribution in [0.2, 0.25) is 0 Å². The normalized spacial score (nSPS) is 15.3. The van der Waals surface area contributed by atoms with Gasteiger partial charge in [-0.15, -0.1) is 0 Å². The Labute approximate surface area is 109 Å². The van der Waals surface area contributed by atoms with Crippen LogP contribution in [0, 0.1) is 5.92 Å². The number of benzene rings is 1. The lowest BCUT2D eigenvalue weighted by atomic mass is 10.1. The summed E-state index contributed by atoms with van der Waals surface area (Å²) >= 11 is 0. The summed E-state index contributed by atoms with van der Waals surface area (Å²) in [7, 11) is 0. The lowest BCUT2D eigenvalue weighted by Crippen LogP contribution is -2.23. The highest BCUT2D eigenvalue weighted by Crippen LogP contribution is 2.28. The van der Waals surface area contributed by atoms with Crippen LogP contribution in [0.5, 0.6) is 0 Å². The van der Waals surface area contributed by atoms with Gasteiger partial charge in [0.2, 0.25) is 0 Å². The Kier molecular flexibility index (Phi) is 3.60. The molecule has 3 heteroatoms. The van der Waals surface area contributed by atoms with Gasteiger partial charge in [0.15, 0.2) is 0 Å². The molecule has 1 aromatic rings. The molecule has 18 heavy (non-hydrogen) atoms. The summed E-state index contributed by atoms with van der Waals surface area (Å²) in [5.74, 6) is 0.576. The van der Waals surface area contributed by atoms with Crippen LogP contribution in [0.3, 0.4) is 0 Å². The van der Waals surface area contributed by atoms with E-state index in [9.17, 15) is 4.79 Å². The Morgan fingerprint density at radius 1 is 1.28 bits per heavy atom. The molecule has 1 aliphatic rings. The van der Waals surface area contributed by atoms with E-state index >= 15 is 0 Å². The largest absolute Gasteiger partial charge is 0.456 e. The highest BCUT2D eigenvalue weighted by Gasteiger charge is 2.20. The lowest BCUT2D eigenvalue weighted by Gasteiger charge is -2.19. The molecule has 0 spiro atoms. The molecule has 0 aliphatic heterocycles. The second kappa shape index (κ2) is 5.01. The van der Waals surface area contributed by atoms with Crippen LogP contribution in [-0.4, -0.2) is 18.1 Å². The number of carbonyl (C=O) groups is 1.